The number of carbonyl (C=O) groups excluding carboxylic acids is 2. The number of alkyl carbamates (subject to hydrolysis) is 1. The first-order valence-corrected chi connectivity index (χ1v) is 10.2. The van der Waals surface area contributed by atoms with Crippen LogP contribution in [0.15, 0.2) is 42.5 Å². The average Bonchev–Trinajstić information content (AvgIpc) is 2.71. The zero-order valence-corrected chi connectivity index (χ0v) is 18.8. The highest BCUT2D eigenvalue weighted by Gasteiger charge is 2.16. The zero-order valence-electron chi connectivity index (χ0n) is 18.8. The third-order valence-electron chi connectivity index (χ3n) is 4.14. The topological polar surface area (TPSA) is 83.1 Å². The summed E-state index contributed by atoms with van der Waals surface area (Å²) in [4.78, 5) is 24.0. The minimum absolute atomic E-state index is 0.101. The molecule has 0 bridgehead atoms. The Morgan fingerprint density at radius 1 is 1.06 bits per heavy atom. The fourth-order valence-electron chi connectivity index (χ4n) is 2.86. The first-order valence-electron chi connectivity index (χ1n) is 10.2. The minimum atomic E-state index is -0.540. The molecule has 31 heavy (non-hydrogen) atoms. The van der Waals surface area contributed by atoms with Gasteiger partial charge in [0.05, 0.1) is 12.2 Å². The van der Waals surface area contributed by atoms with Gasteiger partial charge in [-0.1, -0.05) is 18.2 Å². The maximum Gasteiger partial charge on any atom is 0.407 e. The second-order valence-electron chi connectivity index (χ2n) is 7.86. The first kappa shape index (κ1) is 24.2. The predicted octanol–water partition coefficient (Wildman–Crippen LogP) is 4.58. The number of methoxy groups -OCH3 is 1. The Morgan fingerprint density at radius 3 is 2.52 bits per heavy atom. The van der Waals surface area contributed by atoms with Gasteiger partial charge in [0.2, 0.25) is 0 Å². The number of ether oxygens (including phenoxy) is 4. The van der Waals surface area contributed by atoms with Crippen LogP contribution in [0.3, 0.4) is 0 Å². The molecule has 1 amide bonds. The van der Waals surface area contributed by atoms with Gasteiger partial charge in [-0.25, -0.2) is 9.59 Å². The summed E-state index contributed by atoms with van der Waals surface area (Å²) in [6, 6.07) is 13.0. The summed E-state index contributed by atoms with van der Waals surface area (Å²) >= 11 is 0. The number of hydrogen-bond donors (Lipinski definition) is 1. The van der Waals surface area contributed by atoms with E-state index in [1.54, 1.807) is 32.2 Å². The van der Waals surface area contributed by atoms with E-state index in [-0.39, 0.29) is 12.8 Å². The highest BCUT2D eigenvalue weighted by molar-refractivity contribution is 5.91. The van der Waals surface area contributed by atoms with E-state index in [1.807, 2.05) is 45.0 Å². The molecule has 0 aliphatic heterocycles. The van der Waals surface area contributed by atoms with E-state index in [0.717, 1.165) is 16.7 Å². The summed E-state index contributed by atoms with van der Waals surface area (Å²) in [5.74, 6) is 0.258. The van der Waals surface area contributed by atoms with Crippen LogP contribution >= 0.6 is 0 Å². The van der Waals surface area contributed by atoms with E-state index in [1.165, 1.54) is 0 Å². The Hall–Kier alpha value is -3.06. The van der Waals surface area contributed by atoms with Gasteiger partial charge >= 0.3 is 12.1 Å². The number of carbonyl (C=O) groups is 2. The largest absolute Gasteiger partial charge is 0.467 e. The third-order valence-corrected chi connectivity index (χ3v) is 4.14. The van der Waals surface area contributed by atoms with Crippen molar-refractivity contribution in [3.8, 4) is 16.9 Å². The van der Waals surface area contributed by atoms with Crippen molar-refractivity contribution in [3.63, 3.8) is 0 Å². The van der Waals surface area contributed by atoms with Crippen molar-refractivity contribution in [2.24, 2.45) is 0 Å². The molecule has 7 heteroatoms. The number of rotatable bonds is 9. The molecular weight excluding hydrogens is 398 g/mol. The lowest BCUT2D eigenvalue weighted by Gasteiger charge is -2.19. The van der Waals surface area contributed by atoms with E-state index >= 15 is 0 Å². The summed E-state index contributed by atoms with van der Waals surface area (Å²) in [6.07, 6.45) is 0.156. The van der Waals surface area contributed by atoms with Crippen LogP contribution in [-0.2, 0) is 20.6 Å². The highest BCUT2D eigenvalue weighted by atomic mass is 16.7. The van der Waals surface area contributed by atoms with Crippen molar-refractivity contribution in [2.75, 3.05) is 27.1 Å². The Balaban J connectivity index is 2.21. The van der Waals surface area contributed by atoms with Gasteiger partial charge < -0.3 is 24.3 Å². The molecule has 0 aliphatic rings. The normalized spacial score (nSPS) is 11.0. The lowest BCUT2D eigenvalue weighted by Crippen LogP contribution is -2.33. The van der Waals surface area contributed by atoms with Crippen LogP contribution in [0.2, 0.25) is 0 Å². The van der Waals surface area contributed by atoms with Gasteiger partial charge in [-0.2, -0.15) is 0 Å². The van der Waals surface area contributed by atoms with E-state index in [4.69, 9.17) is 18.9 Å². The number of esters is 1. The zero-order chi connectivity index (χ0) is 22.9. The molecular formula is C24H31NO6. The molecule has 0 atom stereocenters. The van der Waals surface area contributed by atoms with Gasteiger partial charge in [0.1, 0.15) is 11.4 Å². The number of benzene rings is 2. The molecule has 0 fully saturated rings. The van der Waals surface area contributed by atoms with Gasteiger partial charge in [0.25, 0.3) is 0 Å². The van der Waals surface area contributed by atoms with E-state index in [2.05, 4.69) is 5.32 Å². The molecule has 0 saturated heterocycles. The molecule has 168 valence electrons. The predicted molar refractivity (Wildman–Crippen MR) is 118 cm³/mol. The smallest absolute Gasteiger partial charge is 0.407 e. The Labute approximate surface area is 183 Å². The van der Waals surface area contributed by atoms with Crippen LogP contribution in [0.4, 0.5) is 4.79 Å². The quantitative estimate of drug-likeness (QED) is 0.464. The molecule has 0 heterocycles. The molecule has 0 unspecified atom stereocenters. The van der Waals surface area contributed by atoms with Crippen molar-refractivity contribution < 1.29 is 28.5 Å². The Bertz CT molecular complexity index is 888. The van der Waals surface area contributed by atoms with Gasteiger partial charge in [0.15, 0.2) is 6.79 Å². The summed E-state index contributed by atoms with van der Waals surface area (Å²) in [7, 11) is 1.55. The second-order valence-corrected chi connectivity index (χ2v) is 7.86. The van der Waals surface area contributed by atoms with Gasteiger partial charge in [-0.15, -0.1) is 0 Å². The van der Waals surface area contributed by atoms with Crippen LogP contribution in [-0.4, -0.2) is 44.7 Å². The van der Waals surface area contributed by atoms with E-state index in [9.17, 15) is 9.59 Å². The standard InChI is InChI=1S/C24H31NO6/c1-6-29-22(26)19-9-7-8-18(15-19)20-14-17(10-11-21(20)30-16-28-5)12-13-25-23(27)31-24(2,3)4/h7-11,14-15H,6,12-13,16H2,1-5H3,(H,25,27). The van der Waals surface area contributed by atoms with Gasteiger partial charge in [-0.3, -0.25) is 0 Å². The molecule has 0 aliphatic carbocycles. The molecule has 0 spiro atoms. The lowest BCUT2D eigenvalue weighted by molar-refractivity contribution is 0.0512. The van der Waals surface area contributed by atoms with E-state index < -0.39 is 11.7 Å². The lowest BCUT2D eigenvalue weighted by atomic mass is 9.99. The summed E-state index contributed by atoms with van der Waals surface area (Å²) < 4.78 is 21.1. The van der Waals surface area contributed by atoms with Crippen molar-refractivity contribution in [2.45, 2.75) is 39.7 Å². The summed E-state index contributed by atoms with van der Waals surface area (Å²) in [5.41, 5.74) is 2.56. The fourth-order valence-corrected chi connectivity index (χ4v) is 2.86. The SMILES string of the molecule is CCOC(=O)c1cccc(-c2cc(CCNC(=O)OC(C)(C)C)ccc2OCOC)c1. The monoisotopic (exact) mass is 429 g/mol. The van der Waals surface area contributed by atoms with Gasteiger partial charge in [0, 0.05) is 19.2 Å². The fraction of sp³-hybridized carbons (Fsp3) is 0.417. The van der Waals surface area contributed by atoms with Crippen LogP contribution in [0, 0.1) is 0 Å². The summed E-state index contributed by atoms with van der Waals surface area (Å²) in [5, 5.41) is 2.76. The average molecular weight is 430 g/mol. The van der Waals surface area contributed by atoms with Gasteiger partial charge in [-0.05, 0) is 69.5 Å². The van der Waals surface area contributed by atoms with Crippen molar-refractivity contribution in [1.82, 2.24) is 5.32 Å². The maximum absolute atomic E-state index is 12.1. The highest BCUT2D eigenvalue weighted by Crippen LogP contribution is 2.32. The number of amides is 1. The van der Waals surface area contributed by atoms with Crippen molar-refractivity contribution in [3.05, 3.63) is 53.6 Å². The van der Waals surface area contributed by atoms with Crippen molar-refractivity contribution >= 4 is 12.1 Å². The summed E-state index contributed by atoms with van der Waals surface area (Å²) in [6.45, 7) is 8.07. The third kappa shape index (κ3) is 7.94. The van der Waals surface area contributed by atoms with Crippen LogP contribution in [0.5, 0.6) is 5.75 Å². The maximum atomic E-state index is 12.1. The molecule has 0 saturated carbocycles. The molecule has 2 aromatic rings. The molecule has 0 radical (unpaired) electrons. The second kappa shape index (κ2) is 11.4. The number of nitrogens with one attached hydrogen (secondary N) is 1. The Kier molecular flexibility index (Phi) is 8.88. The molecule has 7 nitrogen and oxygen atoms in total. The molecule has 0 aromatic heterocycles. The number of hydrogen-bond acceptors (Lipinski definition) is 6. The first-order chi connectivity index (χ1) is 14.7. The molecule has 1 N–H and O–H groups in total. The van der Waals surface area contributed by atoms with E-state index in [0.29, 0.717) is 30.9 Å². The van der Waals surface area contributed by atoms with Crippen molar-refractivity contribution in [1.29, 1.82) is 0 Å². The van der Waals surface area contributed by atoms with Crippen LogP contribution < -0.4 is 10.1 Å². The Morgan fingerprint density at radius 2 is 1.84 bits per heavy atom. The van der Waals surface area contributed by atoms with Crippen LogP contribution in [0.25, 0.3) is 11.1 Å². The minimum Gasteiger partial charge on any atom is -0.467 e. The molecule has 2 aromatic carbocycles. The molecule has 2 rings (SSSR count). The van der Waals surface area contributed by atoms with Crippen LogP contribution in [0.1, 0.15) is 43.6 Å².